The van der Waals surface area contributed by atoms with E-state index >= 15 is 0 Å². The number of aromatic nitrogens is 3. The number of esters is 2. The van der Waals surface area contributed by atoms with E-state index < -0.39 is 38.0 Å². The third-order valence-electron chi connectivity index (χ3n) is 4.60. The van der Waals surface area contributed by atoms with Crippen LogP contribution in [0.15, 0.2) is 48.6 Å². The molecule has 3 rings (SSSR count). The largest absolute Gasteiger partial charge is 0.463 e. The van der Waals surface area contributed by atoms with Crippen LogP contribution < -0.4 is 0 Å². The van der Waals surface area contributed by atoms with Crippen molar-refractivity contribution in [2.45, 2.75) is 38.7 Å². The molecule has 0 aliphatic carbocycles. The van der Waals surface area contributed by atoms with Crippen LogP contribution in [0.5, 0.6) is 0 Å². The number of benzene rings is 1. The maximum atomic E-state index is 12.7. The first kappa shape index (κ1) is 24.8. The molecule has 0 N–H and O–H groups in total. The van der Waals surface area contributed by atoms with E-state index in [0.29, 0.717) is 5.56 Å². The summed E-state index contributed by atoms with van der Waals surface area (Å²) in [4.78, 5) is 28.3. The van der Waals surface area contributed by atoms with Gasteiger partial charge >= 0.3 is 19.5 Å². The smallest absolute Gasteiger partial charge is 0.377 e. The molecular formula is C21H26N3O8P. The third-order valence-corrected chi connectivity index (χ3v) is 6.38. The Morgan fingerprint density at radius 1 is 1.18 bits per heavy atom. The van der Waals surface area contributed by atoms with Gasteiger partial charge in [-0.1, -0.05) is 18.2 Å². The number of hydrogen-bond acceptors (Lipinski definition) is 10. The Kier molecular flexibility index (Phi) is 8.51. The van der Waals surface area contributed by atoms with Crippen molar-refractivity contribution < 1.29 is 37.4 Å². The zero-order chi connectivity index (χ0) is 23.8. The van der Waals surface area contributed by atoms with E-state index in [9.17, 15) is 14.2 Å². The van der Waals surface area contributed by atoms with Gasteiger partial charge in [-0.05, 0) is 32.1 Å². The van der Waals surface area contributed by atoms with Gasteiger partial charge < -0.3 is 23.3 Å². The van der Waals surface area contributed by atoms with E-state index in [1.807, 2.05) is 0 Å². The second-order valence-electron chi connectivity index (χ2n) is 6.87. The van der Waals surface area contributed by atoms with Gasteiger partial charge in [-0.2, -0.15) is 0 Å². The molecule has 2 heterocycles. The van der Waals surface area contributed by atoms with E-state index in [1.165, 1.54) is 23.9 Å². The minimum absolute atomic E-state index is 0.162. The van der Waals surface area contributed by atoms with Gasteiger partial charge in [-0.3, -0.25) is 4.57 Å². The van der Waals surface area contributed by atoms with Crippen molar-refractivity contribution in [1.29, 1.82) is 0 Å². The first-order valence-corrected chi connectivity index (χ1v) is 12.0. The second-order valence-corrected chi connectivity index (χ2v) is 8.76. The number of hydrogen-bond donors (Lipinski definition) is 0. The molecule has 1 fully saturated rings. The van der Waals surface area contributed by atoms with Crippen molar-refractivity contribution in [3.63, 3.8) is 0 Å². The van der Waals surface area contributed by atoms with Crippen LogP contribution in [0.1, 0.15) is 47.5 Å². The molecule has 0 radical (unpaired) electrons. The molecule has 1 aliphatic heterocycles. The summed E-state index contributed by atoms with van der Waals surface area (Å²) in [6.45, 7) is 3.85. The van der Waals surface area contributed by atoms with Crippen molar-refractivity contribution in [2.75, 3.05) is 20.3 Å². The molecular weight excluding hydrogens is 453 g/mol. The van der Waals surface area contributed by atoms with Crippen molar-refractivity contribution in [3.8, 4) is 0 Å². The van der Waals surface area contributed by atoms with Crippen molar-refractivity contribution >= 4 is 19.5 Å². The average molecular weight is 479 g/mol. The average Bonchev–Trinajstić information content (AvgIpc) is 3.45. The van der Waals surface area contributed by atoms with Gasteiger partial charge in [0.05, 0.1) is 32.0 Å². The predicted octanol–water partition coefficient (Wildman–Crippen LogP) is 3.36. The summed E-state index contributed by atoms with van der Waals surface area (Å²) in [5, 5.41) is 4.08. The van der Waals surface area contributed by atoms with Gasteiger partial charge in [0.15, 0.2) is 12.3 Å². The normalized spacial score (nSPS) is 20.8. The summed E-state index contributed by atoms with van der Waals surface area (Å²) in [7, 11) is -2.22. The lowest BCUT2D eigenvalue weighted by Crippen LogP contribution is -2.26. The van der Waals surface area contributed by atoms with Crippen LogP contribution in [-0.2, 0) is 27.8 Å². The maximum Gasteiger partial charge on any atom is 0.377 e. The Balaban J connectivity index is 1.82. The highest BCUT2D eigenvalue weighted by Gasteiger charge is 2.40. The molecule has 1 aromatic heterocycles. The fraction of sp³-hybridized carbons (Fsp3) is 0.429. The summed E-state index contributed by atoms with van der Waals surface area (Å²) in [5.74, 6) is -0.0769. The molecule has 0 bridgehead atoms. The zero-order valence-electron chi connectivity index (χ0n) is 18.5. The maximum absolute atomic E-state index is 12.7. The molecule has 12 heteroatoms. The van der Waals surface area contributed by atoms with Crippen LogP contribution >= 0.6 is 7.60 Å². The molecule has 33 heavy (non-hydrogen) atoms. The number of nitrogens with zero attached hydrogens (tertiary/aromatic N) is 3. The molecule has 178 valence electrons. The SMILES string of the molecule is CCOP(=O)(/C=C/C1CC(OC(=O)c2ccccc2)C(n2cnc(C(=O)OC)n2)O1)OCC. The summed E-state index contributed by atoms with van der Waals surface area (Å²) in [5.41, 5.74) is 0.376. The zero-order valence-corrected chi connectivity index (χ0v) is 19.4. The highest BCUT2D eigenvalue weighted by Crippen LogP contribution is 2.50. The fourth-order valence-corrected chi connectivity index (χ4v) is 4.55. The van der Waals surface area contributed by atoms with Gasteiger partial charge in [0.25, 0.3) is 5.82 Å². The lowest BCUT2D eigenvalue weighted by molar-refractivity contribution is -0.0462. The van der Waals surface area contributed by atoms with E-state index in [2.05, 4.69) is 14.8 Å². The van der Waals surface area contributed by atoms with Crippen molar-refractivity contribution in [2.24, 2.45) is 0 Å². The lowest BCUT2D eigenvalue weighted by atomic mass is 10.2. The Bertz CT molecular complexity index is 1020. The number of ether oxygens (including phenoxy) is 3. The summed E-state index contributed by atoms with van der Waals surface area (Å²) >= 11 is 0. The van der Waals surface area contributed by atoms with E-state index in [1.54, 1.807) is 50.3 Å². The molecule has 0 saturated carbocycles. The number of methoxy groups -OCH3 is 1. The first-order chi connectivity index (χ1) is 15.9. The van der Waals surface area contributed by atoms with Crippen LogP contribution in [0, 0.1) is 0 Å². The minimum atomic E-state index is -3.44. The van der Waals surface area contributed by atoms with Gasteiger partial charge in [-0.15, -0.1) is 5.10 Å². The van der Waals surface area contributed by atoms with Gasteiger partial charge in [0.1, 0.15) is 6.33 Å². The third kappa shape index (κ3) is 6.35. The Hall–Kier alpha value is -2.85. The van der Waals surface area contributed by atoms with Crippen LogP contribution in [0.2, 0.25) is 0 Å². The molecule has 1 aliphatic rings. The van der Waals surface area contributed by atoms with E-state index in [0.717, 1.165) is 0 Å². The molecule has 0 amide bonds. The van der Waals surface area contributed by atoms with E-state index in [4.69, 9.17) is 18.5 Å². The standard InChI is InChI=1S/C21H26N3O8P/c1-4-29-33(27,30-5-2)12-11-16-13-17(32-20(25)15-9-7-6-8-10-15)19(31-16)24-14-22-18(23-24)21(26)28-3/h6-12,14,16-17,19H,4-5,13H2,1-3H3/b12-11+. The molecule has 1 aromatic carbocycles. The molecule has 2 aromatic rings. The Morgan fingerprint density at radius 2 is 1.88 bits per heavy atom. The molecule has 0 spiro atoms. The predicted molar refractivity (Wildman–Crippen MR) is 116 cm³/mol. The van der Waals surface area contributed by atoms with Crippen LogP contribution in [0.25, 0.3) is 0 Å². The van der Waals surface area contributed by atoms with Gasteiger partial charge in [-0.25, -0.2) is 19.3 Å². The summed E-state index contributed by atoms with van der Waals surface area (Å²) < 4.78 is 40.8. The highest BCUT2D eigenvalue weighted by molar-refractivity contribution is 7.57. The fourth-order valence-electron chi connectivity index (χ4n) is 3.18. The van der Waals surface area contributed by atoms with Gasteiger partial charge in [0.2, 0.25) is 0 Å². The summed E-state index contributed by atoms with van der Waals surface area (Å²) in [6.07, 6.45) is 0.843. The quantitative estimate of drug-likeness (QED) is 0.370. The number of rotatable bonds is 10. The van der Waals surface area contributed by atoms with Crippen LogP contribution in [-0.4, -0.2) is 59.2 Å². The van der Waals surface area contributed by atoms with Gasteiger partial charge in [0, 0.05) is 12.2 Å². The van der Waals surface area contributed by atoms with Crippen molar-refractivity contribution in [1.82, 2.24) is 14.8 Å². The molecule has 1 saturated heterocycles. The van der Waals surface area contributed by atoms with Crippen LogP contribution in [0.3, 0.4) is 0 Å². The highest BCUT2D eigenvalue weighted by atomic mass is 31.2. The van der Waals surface area contributed by atoms with Crippen LogP contribution in [0.4, 0.5) is 0 Å². The number of carbonyl (C=O) groups excluding carboxylic acids is 2. The Morgan fingerprint density at radius 3 is 2.52 bits per heavy atom. The van der Waals surface area contributed by atoms with E-state index in [-0.39, 0.29) is 25.5 Å². The molecule has 11 nitrogen and oxygen atoms in total. The molecule has 3 atom stereocenters. The molecule has 3 unspecified atom stereocenters. The monoisotopic (exact) mass is 479 g/mol. The first-order valence-electron chi connectivity index (χ1n) is 10.4. The topological polar surface area (TPSA) is 128 Å². The second kappa shape index (κ2) is 11.3. The Labute approximate surface area is 191 Å². The lowest BCUT2D eigenvalue weighted by Gasteiger charge is -2.18. The summed E-state index contributed by atoms with van der Waals surface area (Å²) in [6, 6.07) is 8.51. The van der Waals surface area contributed by atoms with Crippen molar-refractivity contribution in [3.05, 3.63) is 59.9 Å². The number of carbonyl (C=O) groups is 2. The minimum Gasteiger partial charge on any atom is -0.463 e.